The number of hydrogen-bond donors (Lipinski definition) is 6. The molecule has 4 atom stereocenters. The quantitative estimate of drug-likeness (QED) is 0.157. The zero-order chi connectivity index (χ0) is 30.7. The van der Waals surface area contributed by atoms with Crippen LogP contribution in [0.25, 0.3) is 11.2 Å². The second kappa shape index (κ2) is 12.2. The van der Waals surface area contributed by atoms with E-state index in [9.17, 15) is 28.2 Å². The van der Waals surface area contributed by atoms with Crippen LogP contribution in [0, 0.1) is 0 Å². The van der Waals surface area contributed by atoms with Gasteiger partial charge in [-0.3, -0.25) is 19.4 Å². The zero-order valence-electron chi connectivity index (χ0n) is 22.8. The summed E-state index contributed by atoms with van der Waals surface area (Å²) in [4.78, 5) is 37.5. The summed E-state index contributed by atoms with van der Waals surface area (Å²) in [6, 6.07) is 11.3. The van der Waals surface area contributed by atoms with Gasteiger partial charge in [0.25, 0.3) is 15.9 Å². The van der Waals surface area contributed by atoms with Crippen molar-refractivity contribution in [1.29, 1.82) is 0 Å². The van der Waals surface area contributed by atoms with E-state index in [0.29, 0.717) is 18.0 Å². The van der Waals surface area contributed by atoms with Crippen molar-refractivity contribution in [3.8, 4) is 5.75 Å². The normalized spacial score (nSPS) is 20.0. The molecule has 0 radical (unpaired) electrons. The number of sulfonamides is 1. The van der Waals surface area contributed by atoms with Crippen molar-refractivity contribution in [3.63, 3.8) is 0 Å². The van der Waals surface area contributed by atoms with Crippen molar-refractivity contribution in [3.05, 3.63) is 61.2 Å². The van der Waals surface area contributed by atoms with Crippen molar-refractivity contribution in [2.45, 2.75) is 36.4 Å². The van der Waals surface area contributed by atoms with Gasteiger partial charge in [0.1, 0.15) is 29.2 Å². The number of fused-ring (bicyclic) bond motifs is 1. The maximum atomic E-state index is 13.1. The smallest absolute Gasteiger partial charge is 0.324 e. The maximum Gasteiger partial charge on any atom is 0.324 e. The number of methoxy groups -OCH3 is 1. The van der Waals surface area contributed by atoms with E-state index in [1.165, 1.54) is 48.3 Å². The highest BCUT2D eigenvalue weighted by atomic mass is 32.2. The number of anilines is 3. The molecule has 1 aliphatic heterocycles. The van der Waals surface area contributed by atoms with Crippen LogP contribution < -0.4 is 25.4 Å². The summed E-state index contributed by atoms with van der Waals surface area (Å²) in [5, 5.41) is 28.5. The molecule has 3 amide bonds. The number of urea groups is 1. The summed E-state index contributed by atoms with van der Waals surface area (Å²) in [6.07, 6.45) is -3.13. The molecule has 0 unspecified atom stereocenters. The van der Waals surface area contributed by atoms with Crippen molar-refractivity contribution in [1.82, 2.24) is 24.8 Å². The standard InChI is InChI=1S/C26H28N8O8S/c1-3-27-24(37)21-19(35)20(36)25(42-21)34-13-30-18-22(28-12-29-23(18)34)32-26(38)31-16-6-4-5-7-17(16)43(39,40)33-14-8-10-15(41-2)11-9-14/h4-13,19-21,25,33,35-36H,3H2,1-2H3,(H,27,37)(H2,28,29,31,32,38)/t19-,20+,21-,25+/m0/s1. The fraction of sp³-hybridized carbons (Fsp3) is 0.269. The van der Waals surface area contributed by atoms with E-state index in [0.717, 1.165) is 6.33 Å². The van der Waals surface area contributed by atoms with Gasteiger partial charge in [0.15, 0.2) is 29.3 Å². The SMILES string of the molecule is CCNC(=O)[C@H]1O[C@@H](n2cnc3c(NC(=O)Nc4ccccc4S(=O)(=O)Nc4ccc(OC)cc4)ncnc32)[C@H](O)[C@@H]1O. The van der Waals surface area contributed by atoms with Crippen molar-refractivity contribution in [2.75, 3.05) is 29.0 Å². The van der Waals surface area contributed by atoms with E-state index < -0.39 is 46.5 Å². The average molecular weight is 613 g/mol. The third kappa shape index (κ3) is 6.05. The highest BCUT2D eigenvalue weighted by Crippen LogP contribution is 2.32. The molecule has 2 aromatic heterocycles. The summed E-state index contributed by atoms with van der Waals surface area (Å²) in [5.74, 6) is -0.0687. The number of para-hydroxylation sites is 1. The fourth-order valence-corrected chi connectivity index (χ4v) is 5.67. The van der Waals surface area contributed by atoms with E-state index in [4.69, 9.17) is 9.47 Å². The third-order valence-electron chi connectivity index (χ3n) is 6.48. The molecule has 6 N–H and O–H groups in total. The van der Waals surface area contributed by atoms with Crippen LogP contribution in [0.4, 0.5) is 22.0 Å². The zero-order valence-corrected chi connectivity index (χ0v) is 23.6. The Bertz CT molecular complexity index is 1750. The molecule has 0 saturated carbocycles. The van der Waals surface area contributed by atoms with Crippen LogP contribution in [-0.2, 0) is 19.6 Å². The number of nitrogens with zero attached hydrogens (tertiary/aromatic N) is 4. The summed E-state index contributed by atoms with van der Waals surface area (Å²) < 4.78 is 40.8. The first-order valence-electron chi connectivity index (χ1n) is 12.9. The lowest BCUT2D eigenvalue weighted by atomic mass is 10.1. The Morgan fingerprint density at radius 2 is 1.77 bits per heavy atom. The number of ether oxygens (including phenoxy) is 2. The lowest BCUT2D eigenvalue weighted by Crippen LogP contribution is -2.42. The number of imidazole rings is 1. The highest BCUT2D eigenvalue weighted by molar-refractivity contribution is 7.92. The molecule has 43 heavy (non-hydrogen) atoms. The van der Waals surface area contributed by atoms with Crippen LogP contribution in [-0.4, -0.2) is 82.1 Å². The number of aliphatic hydroxyl groups excluding tert-OH is 2. The molecule has 16 nitrogen and oxygen atoms in total. The number of carbonyl (C=O) groups is 2. The van der Waals surface area contributed by atoms with Crippen molar-refractivity contribution < 1.29 is 37.7 Å². The van der Waals surface area contributed by atoms with Gasteiger partial charge in [0, 0.05) is 12.2 Å². The number of amides is 3. The largest absolute Gasteiger partial charge is 0.497 e. The number of aromatic nitrogens is 4. The first-order chi connectivity index (χ1) is 20.6. The van der Waals surface area contributed by atoms with Gasteiger partial charge in [0.2, 0.25) is 0 Å². The highest BCUT2D eigenvalue weighted by Gasteiger charge is 2.47. The summed E-state index contributed by atoms with van der Waals surface area (Å²) in [6.45, 7) is 2.01. The summed E-state index contributed by atoms with van der Waals surface area (Å²) in [5.41, 5.74) is 0.515. The monoisotopic (exact) mass is 612 g/mol. The molecule has 2 aromatic carbocycles. The number of likely N-dealkylation sites (N-methyl/N-ethyl adjacent to an activating group) is 1. The minimum absolute atomic E-state index is 0.00953. The molecular formula is C26H28N8O8S. The van der Waals surface area contributed by atoms with E-state index in [-0.39, 0.29) is 27.6 Å². The molecular weight excluding hydrogens is 584 g/mol. The summed E-state index contributed by atoms with van der Waals surface area (Å²) in [7, 11) is -2.61. The molecule has 17 heteroatoms. The predicted molar refractivity (Wildman–Crippen MR) is 153 cm³/mol. The van der Waals surface area contributed by atoms with Gasteiger partial charge in [-0.15, -0.1) is 0 Å². The van der Waals surface area contributed by atoms with Crippen LogP contribution in [0.3, 0.4) is 0 Å². The van der Waals surface area contributed by atoms with Crippen LogP contribution in [0.5, 0.6) is 5.75 Å². The Kier molecular flexibility index (Phi) is 8.40. The molecule has 0 spiro atoms. The molecule has 4 aromatic rings. The van der Waals surface area contributed by atoms with Gasteiger partial charge in [-0.05, 0) is 43.3 Å². The van der Waals surface area contributed by atoms with Gasteiger partial charge in [0.05, 0.1) is 19.1 Å². The minimum atomic E-state index is -4.11. The molecule has 1 saturated heterocycles. The van der Waals surface area contributed by atoms with Crippen molar-refractivity contribution in [2.24, 2.45) is 0 Å². The fourth-order valence-electron chi connectivity index (χ4n) is 4.44. The first kappa shape index (κ1) is 29.6. The van der Waals surface area contributed by atoms with Crippen LogP contribution in [0.1, 0.15) is 13.2 Å². The van der Waals surface area contributed by atoms with E-state index in [1.807, 2.05) is 0 Å². The number of carbonyl (C=O) groups excluding carboxylic acids is 2. The van der Waals surface area contributed by atoms with E-state index >= 15 is 0 Å². The number of rotatable bonds is 9. The lowest BCUT2D eigenvalue weighted by molar-refractivity contribution is -0.137. The molecule has 0 aliphatic carbocycles. The molecule has 5 rings (SSSR count). The van der Waals surface area contributed by atoms with Gasteiger partial charge < -0.3 is 30.3 Å². The Balaban J connectivity index is 1.34. The van der Waals surface area contributed by atoms with Gasteiger partial charge >= 0.3 is 6.03 Å². The van der Waals surface area contributed by atoms with Gasteiger partial charge in [-0.2, -0.15) is 0 Å². The number of nitrogens with one attached hydrogen (secondary N) is 4. The third-order valence-corrected chi connectivity index (χ3v) is 7.92. The minimum Gasteiger partial charge on any atom is -0.497 e. The average Bonchev–Trinajstić information content (AvgIpc) is 3.54. The van der Waals surface area contributed by atoms with Gasteiger partial charge in [-0.25, -0.2) is 28.2 Å². The molecule has 226 valence electrons. The second-order valence-electron chi connectivity index (χ2n) is 9.28. The predicted octanol–water partition coefficient (Wildman–Crippen LogP) is 1.03. The Morgan fingerprint density at radius 3 is 2.49 bits per heavy atom. The molecule has 3 heterocycles. The van der Waals surface area contributed by atoms with E-state index in [1.54, 1.807) is 25.1 Å². The number of hydrogen-bond acceptors (Lipinski definition) is 11. The Morgan fingerprint density at radius 1 is 1.02 bits per heavy atom. The Hall–Kier alpha value is -4.84. The molecule has 1 aliphatic rings. The Labute approximate surface area is 245 Å². The lowest BCUT2D eigenvalue weighted by Gasteiger charge is -2.16. The van der Waals surface area contributed by atoms with Gasteiger partial charge in [-0.1, -0.05) is 12.1 Å². The number of benzene rings is 2. The summed E-state index contributed by atoms with van der Waals surface area (Å²) >= 11 is 0. The number of aliphatic hydroxyl groups is 2. The van der Waals surface area contributed by atoms with E-state index in [2.05, 4.69) is 35.6 Å². The first-order valence-corrected chi connectivity index (χ1v) is 14.4. The van der Waals surface area contributed by atoms with Crippen LogP contribution in [0.15, 0.2) is 66.1 Å². The maximum absolute atomic E-state index is 13.1. The van der Waals surface area contributed by atoms with Crippen LogP contribution >= 0.6 is 0 Å². The molecule has 0 bridgehead atoms. The topological polar surface area (TPSA) is 219 Å². The van der Waals surface area contributed by atoms with Crippen LogP contribution in [0.2, 0.25) is 0 Å². The second-order valence-corrected chi connectivity index (χ2v) is 10.9. The molecule has 1 fully saturated rings. The van der Waals surface area contributed by atoms with Crippen molar-refractivity contribution >= 4 is 50.3 Å².